The number of rotatable bonds is 12. The van der Waals surface area contributed by atoms with E-state index in [1.54, 1.807) is 12.1 Å². The number of carbonyl (C=O) groups is 2. The SMILES string of the molecule is CCCNC(=O)[C@H](CC)N(Cc1cccc(C)c1)C(=O)CN(c1ccccc1CC)S(C)(=O)=O. The monoisotopic (exact) mass is 487 g/mol. The Bertz CT molecular complexity index is 1080. The minimum Gasteiger partial charge on any atom is -0.354 e. The summed E-state index contributed by atoms with van der Waals surface area (Å²) in [5.74, 6) is -0.651. The number of nitrogens with zero attached hydrogens (tertiary/aromatic N) is 2. The number of para-hydroxylation sites is 1. The highest BCUT2D eigenvalue weighted by Gasteiger charge is 2.32. The summed E-state index contributed by atoms with van der Waals surface area (Å²) in [6.07, 6.45) is 2.92. The van der Waals surface area contributed by atoms with Crippen LogP contribution >= 0.6 is 0 Å². The molecule has 2 amide bonds. The Labute approximate surface area is 204 Å². The van der Waals surface area contributed by atoms with Crippen LogP contribution in [-0.2, 0) is 32.6 Å². The van der Waals surface area contributed by atoms with Crippen molar-refractivity contribution < 1.29 is 18.0 Å². The maximum Gasteiger partial charge on any atom is 0.244 e. The molecule has 0 saturated carbocycles. The van der Waals surface area contributed by atoms with Crippen molar-refractivity contribution in [3.63, 3.8) is 0 Å². The zero-order chi connectivity index (χ0) is 25.3. The number of carbonyl (C=O) groups excluding carboxylic acids is 2. The standard InChI is InChI=1S/C26H37N3O4S/c1-6-16-27-26(31)23(8-3)28(18-21-13-11-12-20(4)17-21)25(30)19-29(34(5,32)33)24-15-10-9-14-22(24)7-2/h9-15,17,23H,6-8,16,18-19H2,1-5H3,(H,27,31)/t23-/m0/s1. The second kappa shape index (κ2) is 12.6. The highest BCUT2D eigenvalue weighted by molar-refractivity contribution is 7.92. The van der Waals surface area contributed by atoms with Gasteiger partial charge in [-0.2, -0.15) is 0 Å². The van der Waals surface area contributed by atoms with E-state index in [4.69, 9.17) is 0 Å². The fourth-order valence-corrected chi connectivity index (χ4v) is 4.82. The van der Waals surface area contributed by atoms with Crippen molar-refractivity contribution in [1.29, 1.82) is 0 Å². The van der Waals surface area contributed by atoms with Crippen LogP contribution in [0.5, 0.6) is 0 Å². The van der Waals surface area contributed by atoms with Gasteiger partial charge in [-0.15, -0.1) is 0 Å². The van der Waals surface area contributed by atoms with Gasteiger partial charge in [0.1, 0.15) is 12.6 Å². The molecule has 0 bridgehead atoms. The Morgan fingerprint density at radius 2 is 1.74 bits per heavy atom. The highest BCUT2D eigenvalue weighted by Crippen LogP contribution is 2.24. The first kappa shape index (κ1) is 27.4. The number of hydrogen-bond donors (Lipinski definition) is 1. The van der Waals surface area contributed by atoms with Crippen molar-refractivity contribution >= 4 is 27.5 Å². The van der Waals surface area contributed by atoms with Crippen LogP contribution in [-0.4, -0.2) is 50.5 Å². The fourth-order valence-electron chi connectivity index (χ4n) is 3.94. The third-order valence-corrected chi connectivity index (χ3v) is 6.82. The minimum absolute atomic E-state index is 0.214. The largest absolute Gasteiger partial charge is 0.354 e. The van der Waals surface area contributed by atoms with Gasteiger partial charge in [0.05, 0.1) is 11.9 Å². The van der Waals surface area contributed by atoms with Gasteiger partial charge in [0.25, 0.3) is 0 Å². The van der Waals surface area contributed by atoms with Gasteiger partial charge < -0.3 is 10.2 Å². The summed E-state index contributed by atoms with van der Waals surface area (Å²) >= 11 is 0. The minimum atomic E-state index is -3.74. The van der Waals surface area contributed by atoms with Crippen LogP contribution < -0.4 is 9.62 Å². The van der Waals surface area contributed by atoms with Gasteiger partial charge in [0.2, 0.25) is 21.8 Å². The smallest absolute Gasteiger partial charge is 0.244 e. The van der Waals surface area contributed by atoms with E-state index < -0.39 is 22.0 Å². The summed E-state index contributed by atoms with van der Waals surface area (Å²) in [6, 6.07) is 14.2. The number of amides is 2. The summed E-state index contributed by atoms with van der Waals surface area (Å²) in [5.41, 5.74) is 3.25. The maximum atomic E-state index is 13.7. The molecule has 186 valence electrons. The molecule has 0 fully saturated rings. The van der Waals surface area contributed by atoms with E-state index in [2.05, 4.69) is 5.32 Å². The lowest BCUT2D eigenvalue weighted by atomic mass is 10.1. The topological polar surface area (TPSA) is 86.8 Å². The number of hydrogen-bond acceptors (Lipinski definition) is 4. The van der Waals surface area contributed by atoms with E-state index in [1.807, 2.05) is 64.1 Å². The average molecular weight is 488 g/mol. The molecule has 0 radical (unpaired) electrons. The summed E-state index contributed by atoms with van der Waals surface area (Å²) in [6.45, 7) is 8.08. The number of anilines is 1. The van der Waals surface area contributed by atoms with Crippen molar-refractivity contribution in [2.75, 3.05) is 23.7 Å². The van der Waals surface area contributed by atoms with Gasteiger partial charge in [-0.05, 0) is 43.4 Å². The second-order valence-corrected chi connectivity index (χ2v) is 10.4. The zero-order valence-corrected chi connectivity index (χ0v) is 21.7. The molecule has 2 aromatic carbocycles. The van der Waals surface area contributed by atoms with E-state index in [1.165, 1.54) is 4.90 Å². The first-order valence-corrected chi connectivity index (χ1v) is 13.6. The summed E-state index contributed by atoms with van der Waals surface area (Å²) in [4.78, 5) is 28.1. The lowest BCUT2D eigenvalue weighted by molar-refractivity contribution is -0.140. The predicted molar refractivity (Wildman–Crippen MR) is 137 cm³/mol. The maximum absolute atomic E-state index is 13.7. The van der Waals surface area contributed by atoms with Gasteiger partial charge in [-0.1, -0.05) is 68.8 Å². The number of sulfonamides is 1. The van der Waals surface area contributed by atoms with E-state index in [-0.39, 0.29) is 19.0 Å². The van der Waals surface area contributed by atoms with Crippen LogP contribution in [0, 0.1) is 6.92 Å². The molecular formula is C26H37N3O4S. The first-order valence-electron chi connectivity index (χ1n) is 11.8. The Kier molecular flexibility index (Phi) is 10.1. The summed E-state index contributed by atoms with van der Waals surface area (Å²) in [7, 11) is -3.74. The molecular weight excluding hydrogens is 450 g/mol. The Morgan fingerprint density at radius 1 is 1.03 bits per heavy atom. The van der Waals surface area contributed by atoms with Crippen LogP contribution in [0.1, 0.15) is 50.3 Å². The van der Waals surface area contributed by atoms with Gasteiger partial charge in [0.15, 0.2) is 0 Å². The fraction of sp³-hybridized carbons (Fsp3) is 0.462. The van der Waals surface area contributed by atoms with Gasteiger partial charge in [0, 0.05) is 13.1 Å². The molecule has 0 heterocycles. The molecule has 0 unspecified atom stereocenters. The first-order chi connectivity index (χ1) is 16.1. The predicted octanol–water partition coefficient (Wildman–Crippen LogP) is 3.66. The molecule has 8 heteroatoms. The highest BCUT2D eigenvalue weighted by atomic mass is 32.2. The average Bonchev–Trinajstić information content (AvgIpc) is 2.80. The molecule has 0 saturated heterocycles. The van der Waals surface area contributed by atoms with Crippen molar-refractivity contribution in [2.24, 2.45) is 0 Å². The molecule has 0 aliphatic carbocycles. The molecule has 2 aromatic rings. The van der Waals surface area contributed by atoms with Crippen LogP contribution in [0.4, 0.5) is 5.69 Å². The number of benzene rings is 2. The molecule has 1 N–H and O–H groups in total. The molecule has 0 aliphatic heterocycles. The van der Waals surface area contributed by atoms with Crippen LogP contribution in [0.3, 0.4) is 0 Å². The zero-order valence-electron chi connectivity index (χ0n) is 20.9. The summed E-state index contributed by atoms with van der Waals surface area (Å²) < 4.78 is 26.7. The lowest BCUT2D eigenvalue weighted by Crippen LogP contribution is -2.52. The van der Waals surface area contributed by atoms with Crippen LogP contribution in [0.25, 0.3) is 0 Å². The normalized spacial score (nSPS) is 12.1. The number of aryl methyl sites for hydroxylation is 2. The number of nitrogens with one attached hydrogen (secondary N) is 1. The van der Waals surface area contributed by atoms with Crippen molar-refractivity contribution in [3.05, 3.63) is 65.2 Å². The third-order valence-electron chi connectivity index (χ3n) is 5.69. The Hall–Kier alpha value is -2.87. The lowest BCUT2D eigenvalue weighted by Gasteiger charge is -2.33. The molecule has 1 atom stereocenters. The molecule has 2 rings (SSSR count). The van der Waals surface area contributed by atoms with Crippen LogP contribution in [0.2, 0.25) is 0 Å². The van der Waals surface area contributed by atoms with E-state index in [0.717, 1.165) is 33.7 Å². The van der Waals surface area contributed by atoms with Crippen molar-refractivity contribution in [2.45, 2.75) is 59.5 Å². The molecule has 34 heavy (non-hydrogen) atoms. The van der Waals surface area contributed by atoms with E-state index in [0.29, 0.717) is 25.1 Å². The van der Waals surface area contributed by atoms with Crippen molar-refractivity contribution in [3.8, 4) is 0 Å². The van der Waals surface area contributed by atoms with Crippen LogP contribution in [0.15, 0.2) is 48.5 Å². The Balaban J connectivity index is 2.46. The van der Waals surface area contributed by atoms with E-state index in [9.17, 15) is 18.0 Å². The molecule has 0 aliphatic rings. The molecule has 0 aromatic heterocycles. The third kappa shape index (κ3) is 7.32. The van der Waals surface area contributed by atoms with Crippen molar-refractivity contribution in [1.82, 2.24) is 10.2 Å². The van der Waals surface area contributed by atoms with Gasteiger partial charge >= 0.3 is 0 Å². The molecule has 0 spiro atoms. The summed E-state index contributed by atoms with van der Waals surface area (Å²) in [5, 5.41) is 2.88. The molecule has 7 nitrogen and oxygen atoms in total. The van der Waals surface area contributed by atoms with Gasteiger partial charge in [-0.25, -0.2) is 8.42 Å². The Morgan fingerprint density at radius 3 is 2.32 bits per heavy atom. The quantitative estimate of drug-likeness (QED) is 0.495. The second-order valence-electron chi connectivity index (χ2n) is 8.48. The van der Waals surface area contributed by atoms with Gasteiger partial charge in [-0.3, -0.25) is 13.9 Å². The van der Waals surface area contributed by atoms with E-state index >= 15 is 0 Å².